The van der Waals surface area contributed by atoms with Crippen LogP contribution in [-0.2, 0) is 4.79 Å². The monoisotopic (exact) mass is 392 g/mol. The number of rotatable bonds is 7. The number of aromatic nitrogens is 2. The summed E-state index contributed by atoms with van der Waals surface area (Å²) in [4.78, 5) is 21.6. The highest BCUT2D eigenvalue weighted by molar-refractivity contribution is 7.99. The van der Waals surface area contributed by atoms with Gasteiger partial charge in [-0.3, -0.25) is 4.79 Å². The van der Waals surface area contributed by atoms with Gasteiger partial charge >= 0.3 is 0 Å². The van der Waals surface area contributed by atoms with Gasteiger partial charge in [-0.05, 0) is 55.5 Å². The summed E-state index contributed by atoms with van der Waals surface area (Å²) in [5.74, 6) is 1.07. The van der Waals surface area contributed by atoms with Gasteiger partial charge in [0, 0.05) is 28.0 Å². The lowest BCUT2D eigenvalue weighted by molar-refractivity contribution is -0.112. The minimum atomic E-state index is -0.216. The van der Waals surface area contributed by atoms with E-state index in [2.05, 4.69) is 27.2 Å². The van der Waals surface area contributed by atoms with E-state index in [1.807, 2.05) is 54.6 Å². The molecule has 0 spiro atoms. The highest BCUT2D eigenvalue weighted by Crippen LogP contribution is 2.28. The van der Waals surface area contributed by atoms with E-state index in [1.165, 1.54) is 11.8 Å². The maximum Gasteiger partial charge on any atom is 0.250 e. The van der Waals surface area contributed by atoms with Crippen molar-refractivity contribution in [2.75, 3.05) is 17.7 Å². The Kier molecular flexibility index (Phi) is 6.29. The average molecular weight is 392 g/mol. The smallest absolute Gasteiger partial charge is 0.250 e. The first-order chi connectivity index (χ1) is 13.5. The SMILES string of the molecule is C=C(C)C(=O)Nc1cccc(Nc2nccc(Sc3ccc(OC)cc3)n2)c1. The normalized spacial score (nSPS) is 10.2. The molecule has 142 valence electrons. The van der Waals surface area contributed by atoms with Gasteiger partial charge in [0.2, 0.25) is 5.95 Å². The molecule has 7 heteroatoms. The maximum atomic E-state index is 11.8. The molecule has 6 nitrogen and oxygen atoms in total. The lowest BCUT2D eigenvalue weighted by Crippen LogP contribution is -2.11. The minimum Gasteiger partial charge on any atom is -0.497 e. The summed E-state index contributed by atoms with van der Waals surface area (Å²) in [6.07, 6.45) is 1.70. The van der Waals surface area contributed by atoms with Crippen molar-refractivity contribution in [3.8, 4) is 5.75 Å². The Morgan fingerprint density at radius 3 is 2.57 bits per heavy atom. The summed E-state index contributed by atoms with van der Waals surface area (Å²) in [7, 11) is 1.64. The fraction of sp³-hybridized carbons (Fsp3) is 0.0952. The molecule has 1 heterocycles. The van der Waals surface area contributed by atoms with Crippen molar-refractivity contribution in [1.29, 1.82) is 0 Å². The molecule has 2 aromatic carbocycles. The van der Waals surface area contributed by atoms with Crippen LogP contribution in [0.15, 0.2) is 82.9 Å². The zero-order valence-corrected chi connectivity index (χ0v) is 16.4. The number of hydrogen-bond acceptors (Lipinski definition) is 6. The molecule has 1 aromatic heterocycles. The van der Waals surface area contributed by atoms with E-state index in [-0.39, 0.29) is 5.91 Å². The van der Waals surface area contributed by atoms with Crippen LogP contribution in [0.2, 0.25) is 0 Å². The van der Waals surface area contributed by atoms with E-state index in [1.54, 1.807) is 20.2 Å². The molecule has 3 aromatic rings. The number of nitrogens with one attached hydrogen (secondary N) is 2. The molecule has 0 unspecified atom stereocenters. The largest absolute Gasteiger partial charge is 0.497 e. The number of carbonyl (C=O) groups excluding carboxylic acids is 1. The van der Waals surface area contributed by atoms with Crippen molar-refractivity contribution >= 4 is 35.0 Å². The molecule has 0 saturated carbocycles. The van der Waals surface area contributed by atoms with Crippen molar-refractivity contribution in [2.24, 2.45) is 0 Å². The van der Waals surface area contributed by atoms with E-state index in [4.69, 9.17) is 4.74 Å². The first-order valence-electron chi connectivity index (χ1n) is 8.52. The zero-order valence-electron chi connectivity index (χ0n) is 15.6. The van der Waals surface area contributed by atoms with Crippen LogP contribution in [-0.4, -0.2) is 23.0 Å². The van der Waals surface area contributed by atoms with E-state index < -0.39 is 0 Å². The number of hydrogen-bond donors (Lipinski definition) is 2. The molecule has 2 N–H and O–H groups in total. The molecule has 0 fully saturated rings. The summed E-state index contributed by atoms with van der Waals surface area (Å²) in [5.41, 5.74) is 1.89. The standard InChI is InChI=1S/C21H20N4O2S/c1-14(2)20(26)23-15-5-4-6-16(13-15)24-21-22-12-11-19(25-21)28-18-9-7-17(27-3)8-10-18/h4-13H,1H2,2-3H3,(H,23,26)(H,22,24,25). The number of methoxy groups -OCH3 is 1. The van der Waals surface area contributed by atoms with Crippen LogP contribution in [0, 0.1) is 0 Å². The van der Waals surface area contributed by atoms with Crippen LogP contribution in [0.1, 0.15) is 6.92 Å². The van der Waals surface area contributed by atoms with Gasteiger partial charge in [-0.1, -0.05) is 24.4 Å². The zero-order chi connectivity index (χ0) is 19.9. The van der Waals surface area contributed by atoms with Crippen molar-refractivity contribution in [3.63, 3.8) is 0 Å². The Labute approximate surface area is 168 Å². The van der Waals surface area contributed by atoms with Crippen LogP contribution in [0.5, 0.6) is 5.75 Å². The van der Waals surface area contributed by atoms with E-state index >= 15 is 0 Å². The third-order valence-corrected chi connectivity index (χ3v) is 4.62. The van der Waals surface area contributed by atoms with Crippen LogP contribution >= 0.6 is 11.8 Å². The molecule has 0 aliphatic rings. The third-order valence-electron chi connectivity index (χ3n) is 3.68. The number of ether oxygens (including phenoxy) is 1. The van der Waals surface area contributed by atoms with E-state index in [0.29, 0.717) is 17.2 Å². The van der Waals surface area contributed by atoms with E-state index in [9.17, 15) is 4.79 Å². The molecule has 0 radical (unpaired) electrons. The first kappa shape index (κ1) is 19.4. The first-order valence-corrected chi connectivity index (χ1v) is 9.34. The topological polar surface area (TPSA) is 76.1 Å². The lowest BCUT2D eigenvalue weighted by atomic mass is 10.2. The summed E-state index contributed by atoms with van der Waals surface area (Å²) in [5, 5.41) is 6.76. The minimum absolute atomic E-state index is 0.216. The van der Waals surface area contributed by atoms with Gasteiger partial charge < -0.3 is 15.4 Å². The summed E-state index contributed by atoms with van der Waals surface area (Å²) < 4.78 is 5.18. The number of nitrogens with zero attached hydrogens (tertiary/aromatic N) is 2. The van der Waals surface area contributed by atoms with Crippen molar-refractivity contribution < 1.29 is 9.53 Å². The predicted octanol–water partition coefficient (Wildman–Crippen LogP) is 4.89. The Morgan fingerprint density at radius 1 is 1.11 bits per heavy atom. The van der Waals surface area contributed by atoms with Gasteiger partial charge in [-0.25, -0.2) is 9.97 Å². The second-order valence-electron chi connectivity index (χ2n) is 5.94. The fourth-order valence-electron chi connectivity index (χ4n) is 2.27. The molecule has 0 atom stereocenters. The van der Waals surface area contributed by atoms with Crippen molar-refractivity contribution in [2.45, 2.75) is 16.8 Å². The quantitative estimate of drug-likeness (QED) is 0.440. The molecule has 0 bridgehead atoms. The summed E-state index contributed by atoms with van der Waals surface area (Å²) in [6.45, 7) is 5.30. The summed E-state index contributed by atoms with van der Waals surface area (Å²) in [6, 6.07) is 17.0. The van der Waals surface area contributed by atoms with Gasteiger partial charge in [0.25, 0.3) is 5.91 Å². The van der Waals surface area contributed by atoms with Gasteiger partial charge in [-0.2, -0.15) is 0 Å². The van der Waals surface area contributed by atoms with Crippen LogP contribution in [0.3, 0.4) is 0 Å². The molecule has 0 aliphatic heterocycles. The molecular weight excluding hydrogens is 372 g/mol. The average Bonchev–Trinajstić information content (AvgIpc) is 2.69. The molecule has 1 amide bonds. The third kappa shape index (κ3) is 5.34. The van der Waals surface area contributed by atoms with Crippen molar-refractivity contribution in [1.82, 2.24) is 9.97 Å². The number of benzene rings is 2. The molecule has 0 saturated heterocycles. The van der Waals surface area contributed by atoms with Crippen LogP contribution in [0.25, 0.3) is 0 Å². The van der Waals surface area contributed by atoms with Crippen LogP contribution in [0.4, 0.5) is 17.3 Å². The van der Waals surface area contributed by atoms with Crippen LogP contribution < -0.4 is 15.4 Å². The highest BCUT2D eigenvalue weighted by Gasteiger charge is 2.06. The highest BCUT2D eigenvalue weighted by atomic mass is 32.2. The Bertz CT molecular complexity index is 990. The van der Waals surface area contributed by atoms with Gasteiger partial charge in [0.05, 0.1) is 7.11 Å². The van der Waals surface area contributed by atoms with Gasteiger partial charge in [-0.15, -0.1) is 0 Å². The fourth-order valence-corrected chi connectivity index (χ4v) is 3.04. The maximum absolute atomic E-state index is 11.8. The number of amides is 1. The summed E-state index contributed by atoms with van der Waals surface area (Å²) >= 11 is 1.53. The van der Waals surface area contributed by atoms with Crippen molar-refractivity contribution in [3.05, 3.63) is 72.9 Å². The lowest BCUT2D eigenvalue weighted by Gasteiger charge is -2.09. The number of anilines is 3. The Balaban J connectivity index is 1.70. The number of carbonyl (C=O) groups is 1. The van der Waals surface area contributed by atoms with E-state index in [0.717, 1.165) is 21.4 Å². The Morgan fingerprint density at radius 2 is 1.86 bits per heavy atom. The second kappa shape index (κ2) is 9.05. The molecule has 0 aliphatic carbocycles. The second-order valence-corrected chi connectivity index (χ2v) is 7.03. The van der Waals surface area contributed by atoms with Gasteiger partial charge in [0.1, 0.15) is 10.8 Å². The molecule has 28 heavy (non-hydrogen) atoms. The Hall–Kier alpha value is -3.32. The predicted molar refractivity (Wildman–Crippen MR) is 112 cm³/mol. The van der Waals surface area contributed by atoms with Gasteiger partial charge in [0.15, 0.2) is 0 Å². The molecule has 3 rings (SSSR count). The molecular formula is C21H20N4O2S.